The number of carbonyl (C=O) groups excluding carboxylic acids is 4. The van der Waals surface area contributed by atoms with Gasteiger partial charge in [0.2, 0.25) is 23.6 Å². The molecule has 12 nitrogen and oxygen atoms in total. The van der Waals surface area contributed by atoms with Gasteiger partial charge in [-0.2, -0.15) is 0 Å². The molecule has 0 aliphatic carbocycles. The van der Waals surface area contributed by atoms with E-state index >= 15 is 0 Å². The van der Waals surface area contributed by atoms with Crippen LogP contribution in [-0.4, -0.2) is 63.4 Å². The quantitative estimate of drug-likeness (QED) is 0.414. The first-order chi connectivity index (χ1) is 17.6. The van der Waals surface area contributed by atoms with E-state index in [2.05, 4.69) is 31.6 Å². The minimum Gasteiger partial charge on any atom is -0.492 e. The Balaban J connectivity index is 1.76. The maximum Gasteiger partial charge on any atom is 0.242 e. The number of benzene rings is 1. The lowest BCUT2D eigenvalue weighted by Crippen LogP contribution is -2.55. The van der Waals surface area contributed by atoms with Crippen molar-refractivity contribution in [3.05, 3.63) is 41.7 Å². The molecule has 12 heteroatoms. The van der Waals surface area contributed by atoms with E-state index in [9.17, 15) is 19.2 Å². The molecule has 0 saturated heterocycles. The Morgan fingerprint density at radius 1 is 0.973 bits per heavy atom. The van der Waals surface area contributed by atoms with Gasteiger partial charge in [-0.15, -0.1) is 5.10 Å². The maximum absolute atomic E-state index is 12.9. The molecule has 4 amide bonds. The third-order valence-corrected chi connectivity index (χ3v) is 5.77. The highest BCUT2D eigenvalue weighted by Gasteiger charge is 2.26. The summed E-state index contributed by atoms with van der Waals surface area (Å²) in [5.74, 6) is -0.925. The molecule has 3 heterocycles. The van der Waals surface area contributed by atoms with E-state index in [0.717, 1.165) is 5.56 Å². The Morgan fingerprint density at radius 2 is 1.65 bits per heavy atom. The van der Waals surface area contributed by atoms with Crippen molar-refractivity contribution in [1.29, 1.82) is 0 Å². The van der Waals surface area contributed by atoms with Crippen LogP contribution >= 0.6 is 0 Å². The lowest BCUT2D eigenvalue weighted by atomic mass is 10.0. The predicted molar refractivity (Wildman–Crippen MR) is 134 cm³/mol. The first-order valence-corrected chi connectivity index (χ1v) is 12.4. The van der Waals surface area contributed by atoms with E-state index in [1.54, 1.807) is 42.1 Å². The lowest BCUT2D eigenvalue weighted by Gasteiger charge is -2.23. The Hall–Kier alpha value is -3.96. The van der Waals surface area contributed by atoms with E-state index in [1.165, 1.54) is 6.92 Å². The summed E-state index contributed by atoms with van der Waals surface area (Å²) in [5.41, 5.74) is 1.33. The SMILES string of the molecule is CC(C)C[C@H]1NC(=O)[C@@H](C)NC(=O)[C@H](C)NC(=O)Cc2ccc(cc2)OCCn2cc(nn2)CNC1=O. The van der Waals surface area contributed by atoms with Crippen molar-refractivity contribution in [1.82, 2.24) is 36.3 Å². The molecule has 2 aromatic rings. The summed E-state index contributed by atoms with van der Waals surface area (Å²) in [6.45, 7) is 7.91. The highest BCUT2D eigenvalue weighted by Crippen LogP contribution is 2.13. The number of amides is 4. The molecule has 2 aliphatic heterocycles. The number of nitrogens with one attached hydrogen (secondary N) is 4. The number of hydrogen-bond acceptors (Lipinski definition) is 7. The van der Waals surface area contributed by atoms with Gasteiger partial charge in [-0.05, 0) is 43.9 Å². The number of nitrogens with zero attached hydrogens (tertiary/aromatic N) is 3. The van der Waals surface area contributed by atoms with Crippen molar-refractivity contribution >= 4 is 23.6 Å². The molecule has 3 atom stereocenters. The average molecular weight is 514 g/mol. The molecule has 4 rings (SSSR count). The first kappa shape index (κ1) is 27.6. The minimum absolute atomic E-state index is 0.0850. The molecular formula is C25H35N7O5. The van der Waals surface area contributed by atoms with Gasteiger partial charge < -0.3 is 26.0 Å². The normalized spacial score (nSPS) is 22.5. The molecule has 0 radical (unpaired) electrons. The molecule has 4 bridgehead atoms. The van der Waals surface area contributed by atoms with Gasteiger partial charge in [-0.25, -0.2) is 4.68 Å². The van der Waals surface area contributed by atoms with Gasteiger partial charge in [0, 0.05) is 0 Å². The molecule has 2 aliphatic rings. The van der Waals surface area contributed by atoms with Crippen LogP contribution in [0.3, 0.4) is 0 Å². The summed E-state index contributed by atoms with van der Waals surface area (Å²) in [6, 6.07) is 4.54. The van der Waals surface area contributed by atoms with Gasteiger partial charge in [0.1, 0.15) is 36.2 Å². The van der Waals surface area contributed by atoms with E-state index in [1.807, 2.05) is 13.8 Å². The van der Waals surface area contributed by atoms with Crippen molar-refractivity contribution in [2.45, 2.75) is 71.8 Å². The van der Waals surface area contributed by atoms with E-state index in [0.29, 0.717) is 31.0 Å². The van der Waals surface area contributed by atoms with Gasteiger partial charge in [0.05, 0.1) is 25.7 Å². The van der Waals surface area contributed by atoms with Crippen LogP contribution < -0.4 is 26.0 Å². The van der Waals surface area contributed by atoms with Crippen LogP contribution in [0, 0.1) is 5.92 Å². The highest BCUT2D eigenvalue weighted by molar-refractivity contribution is 5.94. The number of fused-ring (bicyclic) bond motifs is 16. The summed E-state index contributed by atoms with van der Waals surface area (Å²) < 4.78 is 7.37. The largest absolute Gasteiger partial charge is 0.492 e. The molecule has 4 N–H and O–H groups in total. The Kier molecular flexibility index (Phi) is 9.58. The highest BCUT2D eigenvalue weighted by atomic mass is 16.5. The number of carbonyl (C=O) groups is 4. The molecular weight excluding hydrogens is 478 g/mol. The van der Waals surface area contributed by atoms with Gasteiger partial charge >= 0.3 is 0 Å². The number of hydrogen-bond donors (Lipinski definition) is 4. The van der Waals surface area contributed by atoms with Crippen LogP contribution in [0.5, 0.6) is 5.75 Å². The molecule has 37 heavy (non-hydrogen) atoms. The number of aromatic nitrogens is 3. The zero-order chi connectivity index (χ0) is 26.9. The molecule has 0 spiro atoms. The van der Waals surface area contributed by atoms with Crippen molar-refractivity contribution in [3.63, 3.8) is 0 Å². The molecule has 0 unspecified atom stereocenters. The second-order valence-electron chi connectivity index (χ2n) is 9.57. The Labute approximate surface area is 215 Å². The van der Waals surface area contributed by atoms with Crippen LogP contribution in [-0.2, 0) is 38.7 Å². The van der Waals surface area contributed by atoms with Crippen LogP contribution in [0.2, 0.25) is 0 Å². The van der Waals surface area contributed by atoms with Crippen LogP contribution in [0.1, 0.15) is 45.4 Å². The second kappa shape index (κ2) is 12.8. The fraction of sp³-hybridized carbons (Fsp3) is 0.520. The summed E-state index contributed by atoms with van der Waals surface area (Å²) >= 11 is 0. The topological polar surface area (TPSA) is 156 Å². The molecule has 200 valence electrons. The smallest absolute Gasteiger partial charge is 0.242 e. The zero-order valence-electron chi connectivity index (χ0n) is 21.6. The van der Waals surface area contributed by atoms with E-state index in [-0.39, 0.29) is 30.7 Å². The second-order valence-corrected chi connectivity index (χ2v) is 9.57. The molecule has 1 aromatic carbocycles. The van der Waals surface area contributed by atoms with Crippen LogP contribution in [0.25, 0.3) is 0 Å². The minimum atomic E-state index is -0.914. The fourth-order valence-corrected chi connectivity index (χ4v) is 3.74. The number of ether oxygens (including phenoxy) is 1. The van der Waals surface area contributed by atoms with Gasteiger partial charge in [0.15, 0.2) is 0 Å². The predicted octanol–water partition coefficient (Wildman–Crippen LogP) is 0.0697. The first-order valence-electron chi connectivity index (χ1n) is 12.4. The summed E-state index contributed by atoms with van der Waals surface area (Å²) in [5, 5.41) is 18.9. The fourth-order valence-electron chi connectivity index (χ4n) is 3.74. The number of rotatable bonds is 2. The molecule has 1 aromatic heterocycles. The molecule has 0 fully saturated rings. The van der Waals surface area contributed by atoms with E-state index in [4.69, 9.17) is 4.74 Å². The van der Waals surface area contributed by atoms with Crippen LogP contribution in [0.4, 0.5) is 0 Å². The lowest BCUT2D eigenvalue weighted by molar-refractivity contribution is -0.133. The van der Waals surface area contributed by atoms with Gasteiger partial charge in [0.25, 0.3) is 0 Å². The van der Waals surface area contributed by atoms with Crippen molar-refractivity contribution < 1.29 is 23.9 Å². The average Bonchev–Trinajstić information content (AvgIpc) is 3.29. The van der Waals surface area contributed by atoms with Gasteiger partial charge in [-0.3, -0.25) is 19.2 Å². The Morgan fingerprint density at radius 3 is 2.35 bits per heavy atom. The van der Waals surface area contributed by atoms with Crippen molar-refractivity contribution in [3.8, 4) is 5.75 Å². The summed E-state index contributed by atoms with van der Waals surface area (Å²) in [7, 11) is 0. The maximum atomic E-state index is 12.9. The molecule has 0 saturated carbocycles. The summed E-state index contributed by atoms with van der Waals surface area (Å²) in [6.07, 6.45) is 2.21. The Bertz CT molecular complexity index is 1100. The van der Waals surface area contributed by atoms with Crippen LogP contribution in [0.15, 0.2) is 30.5 Å². The summed E-state index contributed by atoms with van der Waals surface area (Å²) in [4.78, 5) is 50.7. The third-order valence-electron chi connectivity index (χ3n) is 5.77. The third kappa shape index (κ3) is 8.58. The van der Waals surface area contributed by atoms with Crippen molar-refractivity contribution in [2.75, 3.05) is 6.61 Å². The zero-order valence-corrected chi connectivity index (χ0v) is 21.6. The van der Waals surface area contributed by atoms with Crippen molar-refractivity contribution in [2.24, 2.45) is 5.92 Å². The van der Waals surface area contributed by atoms with Gasteiger partial charge in [-0.1, -0.05) is 31.2 Å². The standard InChI is InChI=1S/C25H35N7O5/c1-15(2)11-21-25(36)26-13-19-14-32(31-30-19)9-10-37-20-7-5-18(6-8-20)12-22(33)27-16(3)23(34)28-17(4)24(35)29-21/h5-8,14-17,21H,9-13H2,1-4H3,(H,26,36)(H,27,33)(H,28,34)(H,29,35)/t16-,17+,21+/m0/s1. The van der Waals surface area contributed by atoms with E-state index < -0.39 is 29.9 Å². The monoisotopic (exact) mass is 513 g/mol.